The Bertz CT molecular complexity index is 1140. The summed E-state index contributed by atoms with van der Waals surface area (Å²) in [4.78, 5) is 12.8. The van der Waals surface area contributed by atoms with Crippen molar-refractivity contribution < 1.29 is 9.90 Å². The summed E-state index contributed by atoms with van der Waals surface area (Å²) < 4.78 is 3.64. The lowest BCUT2D eigenvalue weighted by molar-refractivity contribution is -0.113. The molecule has 3 aromatic rings. The van der Waals surface area contributed by atoms with Crippen molar-refractivity contribution in [2.45, 2.75) is 50.7 Å². The fraction of sp³-hybridized carbons (Fsp3) is 0.381. The van der Waals surface area contributed by atoms with Crippen molar-refractivity contribution in [3.63, 3.8) is 0 Å². The molecule has 160 valence electrons. The Morgan fingerprint density at radius 2 is 2.00 bits per heavy atom. The van der Waals surface area contributed by atoms with E-state index in [1.807, 2.05) is 13.8 Å². The number of carbonyl (C=O) groups is 1. The number of aromatic hydroxyl groups is 1. The van der Waals surface area contributed by atoms with Crippen molar-refractivity contribution in [3.05, 3.63) is 41.1 Å². The van der Waals surface area contributed by atoms with Crippen LogP contribution in [0, 0.1) is 25.2 Å². The zero-order valence-corrected chi connectivity index (χ0v) is 18.2. The van der Waals surface area contributed by atoms with Gasteiger partial charge in [-0.1, -0.05) is 24.6 Å². The molecule has 0 atom stereocenters. The van der Waals surface area contributed by atoms with E-state index in [2.05, 4.69) is 31.5 Å². The monoisotopic (exact) mass is 437 g/mol. The van der Waals surface area contributed by atoms with Crippen molar-refractivity contribution in [1.82, 2.24) is 24.8 Å². The van der Waals surface area contributed by atoms with Crippen molar-refractivity contribution in [2.24, 2.45) is 0 Å². The number of nitrogens with one attached hydrogen (secondary N) is 1. The number of benzene rings is 1. The molecular formula is C21H23N7O2S. The van der Waals surface area contributed by atoms with Crippen LogP contribution in [0.1, 0.15) is 48.5 Å². The molecule has 0 bridgehead atoms. The Morgan fingerprint density at radius 1 is 1.29 bits per heavy atom. The first kappa shape index (κ1) is 20.9. The predicted molar refractivity (Wildman–Crippen MR) is 116 cm³/mol. The van der Waals surface area contributed by atoms with Gasteiger partial charge in [0.05, 0.1) is 17.0 Å². The highest BCUT2D eigenvalue weighted by Crippen LogP contribution is 2.37. The van der Waals surface area contributed by atoms with Gasteiger partial charge in [-0.2, -0.15) is 9.94 Å². The number of hydrogen-bond donors (Lipinski definition) is 2. The zero-order chi connectivity index (χ0) is 22.0. The Morgan fingerprint density at radius 3 is 2.68 bits per heavy atom. The van der Waals surface area contributed by atoms with Crippen LogP contribution in [0.25, 0.3) is 5.69 Å². The number of phenols is 1. The summed E-state index contributed by atoms with van der Waals surface area (Å²) in [5.74, 6) is 0.609. The van der Waals surface area contributed by atoms with Gasteiger partial charge in [-0.05, 0) is 66.9 Å². The van der Waals surface area contributed by atoms with E-state index in [-0.39, 0.29) is 17.4 Å². The van der Waals surface area contributed by atoms with Gasteiger partial charge in [0.1, 0.15) is 17.6 Å². The zero-order valence-electron chi connectivity index (χ0n) is 17.4. The van der Waals surface area contributed by atoms with Crippen molar-refractivity contribution in [1.29, 1.82) is 5.26 Å². The third-order valence-corrected chi connectivity index (χ3v) is 6.60. The summed E-state index contributed by atoms with van der Waals surface area (Å²) in [5.41, 5.74) is 3.15. The maximum Gasteiger partial charge on any atom is 0.235 e. The third kappa shape index (κ3) is 4.14. The van der Waals surface area contributed by atoms with Crippen LogP contribution >= 0.6 is 11.8 Å². The van der Waals surface area contributed by atoms with Gasteiger partial charge in [-0.25, -0.2) is 0 Å². The van der Waals surface area contributed by atoms with E-state index in [1.165, 1.54) is 16.4 Å². The molecule has 9 nitrogen and oxygen atoms in total. The fourth-order valence-corrected chi connectivity index (χ4v) is 4.72. The van der Waals surface area contributed by atoms with Crippen LogP contribution in [0.5, 0.6) is 5.75 Å². The Hall–Kier alpha value is -3.32. The van der Waals surface area contributed by atoms with E-state index in [4.69, 9.17) is 0 Å². The van der Waals surface area contributed by atoms with Gasteiger partial charge in [0.15, 0.2) is 0 Å². The smallest absolute Gasteiger partial charge is 0.235 e. The van der Waals surface area contributed by atoms with Gasteiger partial charge in [-0.3, -0.25) is 4.79 Å². The summed E-state index contributed by atoms with van der Waals surface area (Å²) in [5, 5.41) is 34.2. The Labute approximate surface area is 184 Å². The highest BCUT2D eigenvalue weighted by atomic mass is 32.2. The standard InChI is InChI=1S/C21H23N7O2S/c1-13-14(2)27(15-5-3-4-6-15)20(18(13)11-22)23-19(30)12-31-21-24-25-26-28(21)16-7-9-17(29)10-8-16/h7-10,15,29H,3-6,12H2,1-2H3,(H,23,30). The van der Waals surface area contributed by atoms with E-state index in [1.54, 1.807) is 24.3 Å². The first-order chi connectivity index (χ1) is 15.0. The molecule has 10 heteroatoms. The maximum absolute atomic E-state index is 12.8. The summed E-state index contributed by atoms with van der Waals surface area (Å²) in [6.07, 6.45) is 4.43. The summed E-state index contributed by atoms with van der Waals surface area (Å²) in [6, 6.07) is 9.04. The minimum atomic E-state index is -0.224. The van der Waals surface area contributed by atoms with Gasteiger partial charge >= 0.3 is 0 Å². The molecule has 4 rings (SSSR count). The molecule has 1 fully saturated rings. The minimum Gasteiger partial charge on any atom is -0.508 e. The number of nitriles is 1. The quantitative estimate of drug-likeness (QED) is 0.566. The molecule has 31 heavy (non-hydrogen) atoms. The van der Waals surface area contributed by atoms with E-state index >= 15 is 0 Å². The second kappa shape index (κ2) is 8.81. The molecule has 0 spiro atoms. The molecule has 0 aliphatic heterocycles. The van der Waals surface area contributed by atoms with Gasteiger partial charge in [-0.15, -0.1) is 5.10 Å². The van der Waals surface area contributed by atoms with Crippen LogP contribution in [0.15, 0.2) is 29.4 Å². The number of tetrazole rings is 1. The van der Waals surface area contributed by atoms with Crippen LogP contribution in [0.4, 0.5) is 5.82 Å². The molecule has 0 unspecified atom stereocenters. The summed E-state index contributed by atoms with van der Waals surface area (Å²) in [6.45, 7) is 3.93. The average Bonchev–Trinajstić information content (AvgIpc) is 3.49. The second-order valence-corrected chi connectivity index (χ2v) is 8.52. The van der Waals surface area contributed by atoms with E-state index in [0.29, 0.717) is 28.3 Å². The minimum absolute atomic E-state index is 0.0945. The molecule has 2 N–H and O–H groups in total. The van der Waals surface area contributed by atoms with Crippen LogP contribution < -0.4 is 5.32 Å². The fourth-order valence-electron chi connectivity index (χ4n) is 4.03. The summed E-state index contributed by atoms with van der Waals surface area (Å²) >= 11 is 1.20. The first-order valence-corrected chi connectivity index (χ1v) is 11.1. The lowest BCUT2D eigenvalue weighted by atomic mass is 10.2. The molecule has 2 aromatic heterocycles. The number of anilines is 1. The van der Waals surface area contributed by atoms with Gasteiger partial charge in [0.25, 0.3) is 0 Å². The second-order valence-electron chi connectivity index (χ2n) is 7.58. The average molecular weight is 438 g/mol. The van der Waals surface area contributed by atoms with Crippen LogP contribution in [-0.4, -0.2) is 41.5 Å². The largest absolute Gasteiger partial charge is 0.508 e. The van der Waals surface area contributed by atoms with E-state index in [0.717, 1.165) is 36.9 Å². The van der Waals surface area contributed by atoms with Crippen molar-refractivity contribution in [3.8, 4) is 17.5 Å². The van der Waals surface area contributed by atoms with E-state index in [9.17, 15) is 15.2 Å². The Balaban J connectivity index is 1.51. The predicted octanol–water partition coefficient (Wildman–Crippen LogP) is 3.50. The highest BCUT2D eigenvalue weighted by Gasteiger charge is 2.26. The van der Waals surface area contributed by atoms with Crippen LogP contribution in [0.3, 0.4) is 0 Å². The highest BCUT2D eigenvalue weighted by molar-refractivity contribution is 7.99. The maximum atomic E-state index is 12.8. The molecule has 0 saturated heterocycles. The molecule has 2 heterocycles. The first-order valence-electron chi connectivity index (χ1n) is 10.1. The molecular weight excluding hydrogens is 414 g/mol. The number of hydrogen-bond acceptors (Lipinski definition) is 7. The molecule has 1 aliphatic rings. The lowest BCUT2D eigenvalue weighted by Crippen LogP contribution is -2.20. The Kier molecular flexibility index (Phi) is 5.95. The van der Waals surface area contributed by atoms with Crippen LogP contribution in [0.2, 0.25) is 0 Å². The molecule has 1 amide bonds. The molecule has 1 saturated carbocycles. The van der Waals surface area contributed by atoms with Crippen molar-refractivity contribution in [2.75, 3.05) is 11.1 Å². The topological polar surface area (TPSA) is 122 Å². The number of nitrogens with zero attached hydrogens (tertiary/aromatic N) is 6. The molecule has 1 aliphatic carbocycles. The van der Waals surface area contributed by atoms with Crippen molar-refractivity contribution >= 4 is 23.5 Å². The van der Waals surface area contributed by atoms with Gasteiger partial charge < -0.3 is 15.0 Å². The number of phenolic OH excluding ortho intramolecular Hbond substituents is 1. The van der Waals surface area contributed by atoms with Gasteiger partial charge in [0, 0.05) is 11.7 Å². The lowest BCUT2D eigenvalue weighted by Gasteiger charge is -2.19. The third-order valence-electron chi connectivity index (χ3n) is 5.68. The molecule has 1 aromatic carbocycles. The van der Waals surface area contributed by atoms with Gasteiger partial charge in [0.2, 0.25) is 11.1 Å². The normalized spacial score (nSPS) is 14.0. The number of thioether (sulfide) groups is 1. The molecule has 0 radical (unpaired) electrons. The van der Waals surface area contributed by atoms with Crippen LogP contribution in [-0.2, 0) is 4.79 Å². The number of carbonyl (C=O) groups excluding carboxylic acids is 1. The number of amides is 1. The van der Waals surface area contributed by atoms with E-state index < -0.39 is 0 Å². The SMILES string of the molecule is Cc1c(C#N)c(NC(=O)CSc2nnnn2-c2ccc(O)cc2)n(C2CCCC2)c1C. The number of aromatic nitrogens is 5. The number of rotatable bonds is 6. The summed E-state index contributed by atoms with van der Waals surface area (Å²) in [7, 11) is 0.